The van der Waals surface area contributed by atoms with Gasteiger partial charge in [-0.05, 0) is 24.1 Å². The number of hydrogen-bond donors (Lipinski definition) is 2. The Morgan fingerprint density at radius 2 is 1.77 bits per heavy atom. The molecule has 0 amide bonds. The van der Waals surface area contributed by atoms with Crippen LogP contribution in [0.4, 0.5) is 0 Å². The fourth-order valence-electron chi connectivity index (χ4n) is 1.72. The highest BCUT2D eigenvalue weighted by Gasteiger charge is 2.02. The van der Waals surface area contributed by atoms with Gasteiger partial charge in [0.05, 0.1) is 20.6 Å². The number of nitrogens with zero attached hydrogens (tertiary/aromatic N) is 1. The largest absolute Gasteiger partial charge is 0.497 e. The maximum Gasteiger partial charge on any atom is 0.307 e. The minimum Gasteiger partial charge on any atom is -0.497 e. The van der Waals surface area contributed by atoms with Crippen molar-refractivity contribution in [2.75, 3.05) is 34.4 Å². The maximum atomic E-state index is 11.0. The van der Waals surface area contributed by atoms with E-state index in [0.717, 1.165) is 18.7 Å². The number of aliphatic imine (C=N–C) groups is 1. The summed E-state index contributed by atoms with van der Waals surface area (Å²) in [6.07, 6.45) is 1.19. The number of ether oxygens (including phenoxy) is 2. The molecule has 0 fully saturated rings. The zero-order chi connectivity index (χ0) is 15.5. The number of guanidine groups is 1. The fourth-order valence-corrected chi connectivity index (χ4v) is 1.72. The monoisotopic (exact) mass is 421 g/mol. The van der Waals surface area contributed by atoms with Crippen molar-refractivity contribution in [3.05, 3.63) is 29.8 Å². The Labute approximate surface area is 148 Å². The maximum absolute atomic E-state index is 11.0. The summed E-state index contributed by atoms with van der Waals surface area (Å²) in [5, 5.41) is 6.25. The average molecular weight is 421 g/mol. The van der Waals surface area contributed by atoms with Crippen molar-refractivity contribution in [3.63, 3.8) is 0 Å². The molecule has 0 radical (unpaired) electrons. The topological polar surface area (TPSA) is 72.0 Å². The lowest BCUT2D eigenvalue weighted by atomic mass is 10.1. The second kappa shape index (κ2) is 12.1. The van der Waals surface area contributed by atoms with Crippen molar-refractivity contribution in [1.82, 2.24) is 10.6 Å². The van der Waals surface area contributed by atoms with Crippen molar-refractivity contribution in [2.45, 2.75) is 12.8 Å². The van der Waals surface area contributed by atoms with Gasteiger partial charge in [0.2, 0.25) is 0 Å². The summed E-state index contributed by atoms with van der Waals surface area (Å²) in [5.41, 5.74) is 1.22. The van der Waals surface area contributed by atoms with Gasteiger partial charge in [0.25, 0.3) is 0 Å². The van der Waals surface area contributed by atoms with Crippen molar-refractivity contribution < 1.29 is 14.3 Å². The fraction of sp³-hybridized carbons (Fsp3) is 0.467. The first-order valence-electron chi connectivity index (χ1n) is 6.84. The minimum atomic E-state index is -0.240. The Bertz CT molecular complexity index is 464. The molecular formula is C15H24IN3O3. The van der Waals surface area contributed by atoms with Crippen molar-refractivity contribution in [3.8, 4) is 5.75 Å². The van der Waals surface area contributed by atoms with Gasteiger partial charge < -0.3 is 20.1 Å². The zero-order valence-corrected chi connectivity index (χ0v) is 15.5. The molecule has 0 heterocycles. The van der Waals surface area contributed by atoms with E-state index in [0.29, 0.717) is 18.9 Å². The van der Waals surface area contributed by atoms with Gasteiger partial charge in [0.1, 0.15) is 5.75 Å². The Balaban J connectivity index is 0.00000441. The lowest BCUT2D eigenvalue weighted by molar-refractivity contribution is -0.140. The highest BCUT2D eigenvalue weighted by molar-refractivity contribution is 14.0. The van der Waals surface area contributed by atoms with Gasteiger partial charge in [-0.1, -0.05) is 12.1 Å². The van der Waals surface area contributed by atoms with Gasteiger partial charge in [-0.15, -0.1) is 24.0 Å². The molecule has 0 saturated carbocycles. The number of esters is 1. The summed E-state index contributed by atoms with van der Waals surface area (Å²) in [6, 6.07) is 7.96. The number of benzene rings is 1. The first kappa shape index (κ1) is 20.5. The number of methoxy groups -OCH3 is 2. The second-order valence-electron chi connectivity index (χ2n) is 4.35. The minimum absolute atomic E-state index is 0. The summed E-state index contributed by atoms with van der Waals surface area (Å²) in [7, 11) is 4.73. The molecule has 1 aromatic carbocycles. The third kappa shape index (κ3) is 8.06. The summed E-state index contributed by atoms with van der Waals surface area (Å²) in [4.78, 5) is 15.1. The Hall–Kier alpha value is -1.51. The number of halogens is 1. The van der Waals surface area contributed by atoms with Crippen molar-refractivity contribution in [2.24, 2.45) is 4.99 Å². The normalized spacial score (nSPS) is 10.4. The Kier molecular flexibility index (Phi) is 11.2. The summed E-state index contributed by atoms with van der Waals surface area (Å²) < 4.78 is 9.69. The van der Waals surface area contributed by atoms with Crippen LogP contribution in [0.3, 0.4) is 0 Å². The van der Waals surface area contributed by atoms with Crippen LogP contribution in [0.2, 0.25) is 0 Å². The number of carbonyl (C=O) groups excluding carboxylic acids is 1. The lowest BCUT2D eigenvalue weighted by Gasteiger charge is -2.11. The smallest absolute Gasteiger partial charge is 0.307 e. The molecule has 0 bridgehead atoms. The molecule has 2 N–H and O–H groups in total. The molecule has 0 aliphatic heterocycles. The summed E-state index contributed by atoms with van der Waals surface area (Å²) >= 11 is 0. The number of rotatable bonds is 7. The molecule has 0 aromatic heterocycles. The zero-order valence-electron chi connectivity index (χ0n) is 13.2. The molecule has 0 aliphatic carbocycles. The highest BCUT2D eigenvalue weighted by atomic mass is 127. The number of nitrogens with one attached hydrogen (secondary N) is 2. The van der Waals surface area contributed by atoms with Crippen LogP contribution in [-0.4, -0.2) is 46.3 Å². The quantitative estimate of drug-likeness (QED) is 0.303. The van der Waals surface area contributed by atoms with Gasteiger partial charge >= 0.3 is 5.97 Å². The average Bonchev–Trinajstić information content (AvgIpc) is 2.53. The lowest BCUT2D eigenvalue weighted by Crippen LogP contribution is -2.39. The van der Waals surface area contributed by atoms with Gasteiger partial charge in [-0.2, -0.15) is 0 Å². The highest BCUT2D eigenvalue weighted by Crippen LogP contribution is 2.11. The predicted molar refractivity (Wildman–Crippen MR) is 98.1 cm³/mol. The van der Waals surface area contributed by atoms with E-state index in [1.54, 1.807) is 14.2 Å². The Morgan fingerprint density at radius 3 is 2.32 bits per heavy atom. The van der Waals surface area contributed by atoms with E-state index in [2.05, 4.69) is 20.4 Å². The molecule has 0 saturated heterocycles. The van der Waals surface area contributed by atoms with Gasteiger partial charge in [0, 0.05) is 20.1 Å². The van der Waals surface area contributed by atoms with E-state index < -0.39 is 0 Å². The van der Waals surface area contributed by atoms with Gasteiger partial charge in [0.15, 0.2) is 5.96 Å². The van der Waals surface area contributed by atoms with E-state index in [4.69, 9.17) is 4.74 Å². The van der Waals surface area contributed by atoms with Crippen LogP contribution in [0.5, 0.6) is 5.75 Å². The number of carbonyl (C=O) groups is 1. The van der Waals surface area contributed by atoms with Crippen LogP contribution in [0, 0.1) is 0 Å². The van der Waals surface area contributed by atoms with Crippen LogP contribution in [0.15, 0.2) is 29.3 Å². The molecule has 124 valence electrons. The molecule has 1 aromatic rings. The number of hydrogen-bond acceptors (Lipinski definition) is 4. The van der Waals surface area contributed by atoms with E-state index in [-0.39, 0.29) is 29.9 Å². The molecular weight excluding hydrogens is 397 g/mol. The Morgan fingerprint density at radius 1 is 1.14 bits per heavy atom. The predicted octanol–water partition coefficient (Wildman–Crippen LogP) is 1.58. The first-order chi connectivity index (χ1) is 10.2. The van der Waals surface area contributed by atoms with Crippen molar-refractivity contribution >= 4 is 35.9 Å². The first-order valence-corrected chi connectivity index (χ1v) is 6.84. The molecule has 7 heteroatoms. The van der Waals surface area contributed by atoms with Crippen LogP contribution >= 0.6 is 24.0 Å². The van der Waals surface area contributed by atoms with E-state index in [1.165, 1.54) is 12.7 Å². The van der Waals surface area contributed by atoms with Crippen LogP contribution in [0.1, 0.15) is 12.0 Å². The second-order valence-corrected chi connectivity index (χ2v) is 4.35. The van der Waals surface area contributed by atoms with E-state index in [1.807, 2.05) is 24.3 Å². The van der Waals surface area contributed by atoms with Gasteiger partial charge in [-0.3, -0.25) is 9.79 Å². The van der Waals surface area contributed by atoms with E-state index >= 15 is 0 Å². The molecule has 6 nitrogen and oxygen atoms in total. The van der Waals surface area contributed by atoms with Gasteiger partial charge in [-0.25, -0.2) is 0 Å². The summed E-state index contributed by atoms with van der Waals surface area (Å²) in [5.74, 6) is 1.29. The molecule has 0 aliphatic rings. The third-order valence-corrected chi connectivity index (χ3v) is 2.94. The molecule has 22 heavy (non-hydrogen) atoms. The molecule has 0 atom stereocenters. The van der Waals surface area contributed by atoms with Crippen LogP contribution in [-0.2, 0) is 16.0 Å². The van der Waals surface area contributed by atoms with Crippen molar-refractivity contribution in [1.29, 1.82) is 0 Å². The van der Waals surface area contributed by atoms with Crippen LogP contribution in [0.25, 0.3) is 0 Å². The molecule has 0 unspecified atom stereocenters. The third-order valence-electron chi connectivity index (χ3n) is 2.94. The summed E-state index contributed by atoms with van der Waals surface area (Å²) in [6.45, 7) is 1.25. The van der Waals surface area contributed by atoms with E-state index in [9.17, 15) is 4.79 Å². The molecule has 1 rings (SSSR count). The van der Waals surface area contributed by atoms with Crippen LogP contribution < -0.4 is 15.4 Å². The molecule has 0 spiro atoms. The SMILES string of the molecule is CN=C(NCCC(=O)OC)NCCc1ccc(OC)cc1.I. The standard InChI is InChI=1S/C15H23N3O3.HI/c1-16-15(18-11-9-14(19)21-3)17-10-8-12-4-6-13(20-2)7-5-12;/h4-7H,8-11H2,1-3H3,(H2,16,17,18);1H.